The van der Waals surface area contributed by atoms with Crippen molar-refractivity contribution in [1.82, 2.24) is 0 Å². The second kappa shape index (κ2) is 7.67. The number of benzene rings is 2. The molecule has 3 rings (SSSR count). The third kappa shape index (κ3) is 3.73. The first kappa shape index (κ1) is 18.7. The number of hydrogen-bond donors (Lipinski definition) is 2. The van der Waals surface area contributed by atoms with E-state index in [1.54, 1.807) is 49.4 Å². The van der Waals surface area contributed by atoms with Crippen LogP contribution in [0, 0.1) is 6.92 Å². The van der Waals surface area contributed by atoms with Gasteiger partial charge in [0.1, 0.15) is 0 Å². The second-order valence-electron chi connectivity index (χ2n) is 5.93. The second-order valence-corrected chi connectivity index (χ2v) is 6.33. The summed E-state index contributed by atoms with van der Waals surface area (Å²) in [6, 6.07) is 9.70. The molecule has 0 aliphatic carbocycles. The van der Waals surface area contributed by atoms with E-state index in [1.807, 2.05) is 6.92 Å². The number of amides is 3. The van der Waals surface area contributed by atoms with Crippen LogP contribution in [0.5, 0.6) is 0 Å². The van der Waals surface area contributed by atoms with E-state index < -0.39 is 23.9 Å². The monoisotopic (exact) mass is 387 g/mol. The lowest BCUT2D eigenvalue weighted by atomic mass is 10.1. The fourth-order valence-electron chi connectivity index (χ4n) is 2.76. The standard InChI is InChI=1S/C19H18ClN3O4/c1-3-27-18(25)16-17(24)22-14-6-4-5-7-15(14)23(16)19(26)21-12-9-8-11(2)13(20)10-12/h4-10,16H,3H2,1-2H3,(H,21,26)(H,22,24)/t16-/m1/s1. The predicted molar refractivity (Wildman–Crippen MR) is 103 cm³/mol. The third-order valence-electron chi connectivity index (χ3n) is 4.08. The van der Waals surface area contributed by atoms with Crippen molar-refractivity contribution in [3.05, 3.63) is 53.1 Å². The van der Waals surface area contributed by atoms with E-state index in [4.69, 9.17) is 16.3 Å². The van der Waals surface area contributed by atoms with Gasteiger partial charge in [0.15, 0.2) is 0 Å². The van der Waals surface area contributed by atoms with Gasteiger partial charge in [0.2, 0.25) is 6.04 Å². The van der Waals surface area contributed by atoms with Gasteiger partial charge in [-0.3, -0.25) is 9.69 Å². The topological polar surface area (TPSA) is 87.7 Å². The Kier molecular flexibility index (Phi) is 5.32. The first-order chi connectivity index (χ1) is 12.9. The van der Waals surface area contributed by atoms with E-state index in [1.165, 1.54) is 0 Å². The quantitative estimate of drug-likeness (QED) is 0.622. The summed E-state index contributed by atoms with van der Waals surface area (Å²) in [5.41, 5.74) is 2.13. The molecule has 2 N–H and O–H groups in total. The molecule has 140 valence electrons. The predicted octanol–water partition coefficient (Wildman–Crippen LogP) is 3.57. The number of carbonyl (C=O) groups excluding carboxylic acids is 3. The summed E-state index contributed by atoms with van der Waals surface area (Å²) >= 11 is 6.10. The van der Waals surface area contributed by atoms with Gasteiger partial charge < -0.3 is 15.4 Å². The fraction of sp³-hybridized carbons (Fsp3) is 0.211. The summed E-state index contributed by atoms with van der Waals surface area (Å²) in [4.78, 5) is 38.9. The van der Waals surface area contributed by atoms with Crippen LogP contribution >= 0.6 is 11.6 Å². The van der Waals surface area contributed by atoms with Crippen molar-refractivity contribution < 1.29 is 19.1 Å². The number of nitrogens with one attached hydrogen (secondary N) is 2. The minimum absolute atomic E-state index is 0.0906. The third-order valence-corrected chi connectivity index (χ3v) is 4.49. The van der Waals surface area contributed by atoms with Crippen molar-refractivity contribution in [2.45, 2.75) is 19.9 Å². The number of urea groups is 1. The van der Waals surface area contributed by atoms with Crippen molar-refractivity contribution in [2.24, 2.45) is 0 Å². The molecule has 27 heavy (non-hydrogen) atoms. The molecule has 3 amide bonds. The summed E-state index contributed by atoms with van der Waals surface area (Å²) in [7, 11) is 0. The summed E-state index contributed by atoms with van der Waals surface area (Å²) in [6.45, 7) is 3.56. The minimum Gasteiger partial charge on any atom is -0.464 e. The largest absolute Gasteiger partial charge is 0.464 e. The maximum Gasteiger partial charge on any atom is 0.339 e. The van der Waals surface area contributed by atoms with Crippen LogP contribution in [0.15, 0.2) is 42.5 Å². The number of rotatable bonds is 3. The Hall–Kier alpha value is -3.06. The number of fused-ring (bicyclic) bond motifs is 1. The van der Waals surface area contributed by atoms with Gasteiger partial charge in [-0.15, -0.1) is 0 Å². The van der Waals surface area contributed by atoms with Crippen LogP contribution in [-0.4, -0.2) is 30.6 Å². The zero-order valence-corrected chi connectivity index (χ0v) is 15.5. The van der Waals surface area contributed by atoms with Crippen molar-refractivity contribution in [3.63, 3.8) is 0 Å². The molecule has 1 atom stereocenters. The number of ether oxygens (including phenoxy) is 1. The van der Waals surface area contributed by atoms with Crippen molar-refractivity contribution in [1.29, 1.82) is 0 Å². The fourth-order valence-corrected chi connectivity index (χ4v) is 2.94. The highest BCUT2D eigenvalue weighted by Crippen LogP contribution is 2.33. The number of aryl methyl sites for hydroxylation is 1. The van der Waals surface area contributed by atoms with Gasteiger partial charge in [-0.1, -0.05) is 29.8 Å². The molecule has 2 aromatic carbocycles. The lowest BCUT2D eigenvalue weighted by molar-refractivity contribution is -0.147. The molecule has 0 saturated carbocycles. The Morgan fingerprint density at radius 2 is 2.00 bits per heavy atom. The molecule has 1 heterocycles. The molecular weight excluding hydrogens is 370 g/mol. The number of halogens is 1. The number of esters is 1. The molecule has 1 aliphatic heterocycles. The zero-order valence-electron chi connectivity index (χ0n) is 14.8. The van der Waals surface area contributed by atoms with Crippen LogP contribution < -0.4 is 15.5 Å². The highest BCUT2D eigenvalue weighted by Gasteiger charge is 2.42. The Morgan fingerprint density at radius 1 is 1.26 bits per heavy atom. The molecule has 8 heteroatoms. The highest BCUT2D eigenvalue weighted by atomic mass is 35.5. The number of anilines is 3. The zero-order chi connectivity index (χ0) is 19.6. The van der Waals surface area contributed by atoms with E-state index in [9.17, 15) is 14.4 Å². The van der Waals surface area contributed by atoms with Gasteiger partial charge in [-0.05, 0) is 43.7 Å². The molecule has 1 aliphatic rings. The van der Waals surface area contributed by atoms with Crippen molar-refractivity contribution in [3.8, 4) is 0 Å². The Labute approximate surface area is 161 Å². The Bertz CT molecular complexity index is 916. The average molecular weight is 388 g/mol. The first-order valence-electron chi connectivity index (χ1n) is 8.35. The molecule has 0 spiro atoms. The molecule has 2 aromatic rings. The van der Waals surface area contributed by atoms with Crippen LogP contribution in [0.4, 0.5) is 21.9 Å². The normalized spacial score (nSPS) is 15.6. The van der Waals surface area contributed by atoms with Crippen LogP contribution in [0.1, 0.15) is 12.5 Å². The van der Waals surface area contributed by atoms with Gasteiger partial charge in [-0.25, -0.2) is 9.59 Å². The van der Waals surface area contributed by atoms with E-state index in [0.717, 1.165) is 10.5 Å². The number of nitrogens with zero attached hydrogens (tertiary/aromatic N) is 1. The molecule has 0 aromatic heterocycles. The molecule has 0 bridgehead atoms. The molecular formula is C19H18ClN3O4. The average Bonchev–Trinajstić information content (AvgIpc) is 2.63. The van der Waals surface area contributed by atoms with Gasteiger partial charge in [-0.2, -0.15) is 0 Å². The van der Waals surface area contributed by atoms with Crippen LogP contribution in [0.25, 0.3) is 0 Å². The lowest BCUT2D eigenvalue weighted by Gasteiger charge is -2.34. The summed E-state index contributed by atoms with van der Waals surface area (Å²) in [6.07, 6.45) is 0. The maximum atomic E-state index is 13.0. The molecule has 0 saturated heterocycles. The molecule has 0 radical (unpaired) electrons. The van der Waals surface area contributed by atoms with E-state index in [0.29, 0.717) is 22.1 Å². The summed E-state index contributed by atoms with van der Waals surface area (Å²) < 4.78 is 4.99. The first-order valence-corrected chi connectivity index (χ1v) is 8.73. The highest BCUT2D eigenvalue weighted by molar-refractivity contribution is 6.31. The minimum atomic E-state index is -1.43. The van der Waals surface area contributed by atoms with Gasteiger partial charge in [0, 0.05) is 10.7 Å². The lowest BCUT2D eigenvalue weighted by Crippen LogP contribution is -2.56. The Balaban J connectivity index is 1.98. The van der Waals surface area contributed by atoms with Gasteiger partial charge in [0.25, 0.3) is 5.91 Å². The number of para-hydroxylation sites is 2. The number of carbonyl (C=O) groups is 3. The van der Waals surface area contributed by atoms with E-state index in [-0.39, 0.29) is 6.61 Å². The smallest absolute Gasteiger partial charge is 0.339 e. The van der Waals surface area contributed by atoms with E-state index in [2.05, 4.69) is 10.6 Å². The van der Waals surface area contributed by atoms with Crippen molar-refractivity contribution >= 4 is 46.6 Å². The Morgan fingerprint density at radius 3 is 2.70 bits per heavy atom. The molecule has 0 unspecified atom stereocenters. The molecule has 7 nitrogen and oxygen atoms in total. The maximum absolute atomic E-state index is 13.0. The van der Waals surface area contributed by atoms with E-state index >= 15 is 0 Å². The summed E-state index contributed by atoms with van der Waals surface area (Å²) in [5.74, 6) is -1.44. The summed E-state index contributed by atoms with van der Waals surface area (Å²) in [5, 5.41) is 5.81. The van der Waals surface area contributed by atoms with Gasteiger partial charge >= 0.3 is 12.0 Å². The van der Waals surface area contributed by atoms with Crippen molar-refractivity contribution in [2.75, 3.05) is 22.1 Å². The van der Waals surface area contributed by atoms with Crippen LogP contribution in [0.3, 0.4) is 0 Å². The van der Waals surface area contributed by atoms with Crippen LogP contribution in [0.2, 0.25) is 5.02 Å². The SMILES string of the molecule is CCOC(=O)[C@H]1C(=O)Nc2ccccc2N1C(=O)Nc1ccc(C)c(Cl)c1. The van der Waals surface area contributed by atoms with Gasteiger partial charge in [0.05, 0.1) is 18.0 Å². The van der Waals surface area contributed by atoms with Crippen LogP contribution in [-0.2, 0) is 14.3 Å². The molecule has 0 fully saturated rings. The number of hydrogen-bond acceptors (Lipinski definition) is 4.